The number of halogens is 2. The summed E-state index contributed by atoms with van der Waals surface area (Å²) < 4.78 is 26.9. The van der Waals surface area contributed by atoms with Crippen LogP contribution in [0.5, 0.6) is 0 Å². The van der Waals surface area contributed by atoms with Crippen LogP contribution in [0.3, 0.4) is 0 Å². The molecule has 162 valence electrons. The van der Waals surface area contributed by atoms with Crippen molar-refractivity contribution in [2.75, 3.05) is 26.2 Å². The van der Waals surface area contributed by atoms with Gasteiger partial charge in [0.15, 0.2) is 0 Å². The Hall–Kier alpha value is 0.0369. The average molecular weight is 396 g/mol. The van der Waals surface area contributed by atoms with Gasteiger partial charge >= 0.3 is 55.1 Å². The topological polar surface area (TPSA) is 0 Å². The fraction of sp³-hybridized carbons (Fsp3) is 1.00. The number of nitrogens with zero attached hydrogens (tertiary/aromatic N) is 1. The van der Waals surface area contributed by atoms with Crippen molar-refractivity contribution in [2.45, 2.75) is 118 Å². The van der Waals surface area contributed by atoms with Crippen LogP contribution in [0, 0.1) is 0 Å². The molecule has 0 radical (unpaired) electrons. The van der Waals surface area contributed by atoms with Crippen LogP contribution in [0.15, 0.2) is 0 Å². The molecule has 0 amide bonds. The van der Waals surface area contributed by atoms with Gasteiger partial charge in [0.1, 0.15) is 0 Å². The number of hydrogen-bond acceptors (Lipinski definition) is 0. The summed E-state index contributed by atoms with van der Waals surface area (Å²) >= 11 is 0. The Balaban J connectivity index is 0. The number of quaternary nitrogens is 1. The second kappa shape index (κ2) is 15.0. The third kappa shape index (κ3) is 18.8. The van der Waals surface area contributed by atoms with E-state index in [-0.39, 0.29) is 6.04 Å². The Kier molecular flexibility index (Phi) is 16.3. The van der Waals surface area contributed by atoms with Crippen molar-refractivity contribution in [3.05, 3.63) is 0 Å². The molecule has 0 saturated heterocycles. The van der Waals surface area contributed by atoms with Gasteiger partial charge in [0.25, 0.3) is 0 Å². The maximum absolute atomic E-state index is 12.7. The first-order valence-corrected chi connectivity index (χ1v) is 15.0. The summed E-state index contributed by atoms with van der Waals surface area (Å²) in [5, 5.41) is 0. The third-order valence-corrected chi connectivity index (χ3v) is 6.89. The molecule has 0 aromatic rings. The van der Waals surface area contributed by atoms with Crippen LogP contribution in [0.4, 0.5) is 8.22 Å². The van der Waals surface area contributed by atoms with Crippen LogP contribution in [-0.2, 0) is 0 Å². The summed E-state index contributed by atoms with van der Waals surface area (Å²) in [7, 11) is -4.35. The SMILES string of the molecule is CCCC[N+](CCCC)(CCCC)CCCC.CCCC[Si-](C)(C)(F)F. The quantitative estimate of drug-likeness (QED) is 0.148. The molecule has 0 aromatic carbocycles. The molecule has 0 spiro atoms. The predicted octanol–water partition coefficient (Wildman–Crippen LogP) is 8.38. The zero-order valence-corrected chi connectivity index (χ0v) is 20.3. The summed E-state index contributed by atoms with van der Waals surface area (Å²) in [5.41, 5.74) is 0. The van der Waals surface area contributed by atoms with Crippen LogP contribution in [0.2, 0.25) is 19.1 Å². The Morgan fingerprint density at radius 3 is 0.962 bits per heavy atom. The second-order valence-electron chi connectivity index (χ2n) is 9.06. The molecule has 0 aliphatic heterocycles. The van der Waals surface area contributed by atoms with E-state index in [0.29, 0.717) is 6.42 Å². The molecule has 0 heterocycles. The van der Waals surface area contributed by atoms with Crippen LogP contribution in [-0.4, -0.2) is 38.7 Å². The van der Waals surface area contributed by atoms with E-state index in [4.69, 9.17) is 0 Å². The van der Waals surface area contributed by atoms with Crippen molar-refractivity contribution in [1.82, 2.24) is 0 Å². The van der Waals surface area contributed by atoms with Crippen molar-refractivity contribution in [2.24, 2.45) is 0 Å². The van der Waals surface area contributed by atoms with E-state index in [2.05, 4.69) is 27.7 Å². The maximum atomic E-state index is 12.7. The van der Waals surface area contributed by atoms with Gasteiger partial charge in [0.05, 0.1) is 26.2 Å². The molecule has 0 bridgehead atoms. The van der Waals surface area contributed by atoms with Gasteiger partial charge in [-0.25, -0.2) is 0 Å². The standard InChI is InChI=1S/C16H36N.C6H15F2Si/c1-5-9-13-17(14-10-6-2,15-11-7-3)16-12-8-4;1-4-5-6-9(2,3,7)8/h5-16H2,1-4H3;4-6H2,1-3H3/q+1;-1. The fourth-order valence-corrected chi connectivity index (χ4v) is 4.64. The van der Waals surface area contributed by atoms with Gasteiger partial charge in [0.2, 0.25) is 0 Å². The van der Waals surface area contributed by atoms with Crippen molar-refractivity contribution in [3.8, 4) is 0 Å². The van der Waals surface area contributed by atoms with E-state index in [9.17, 15) is 8.22 Å². The first kappa shape index (κ1) is 28.2. The van der Waals surface area contributed by atoms with Crippen LogP contribution in [0.25, 0.3) is 0 Å². The summed E-state index contributed by atoms with van der Waals surface area (Å²) in [5.74, 6) is 0. The minimum atomic E-state index is -4.35. The van der Waals surface area contributed by atoms with E-state index in [1.165, 1.54) is 82.0 Å². The molecule has 0 aliphatic carbocycles. The van der Waals surface area contributed by atoms with Crippen molar-refractivity contribution < 1.29 is 12.7 Å². The molecule has 0 fully saturated rings. The molecule has 1 nitrogen and oxygen atoms in total. The predicted molar refractivity (Wildman–Crippen MR) is 119 cm³/mol. The number of rotatable bonds is 15. The Bertz CT molecular complexity index is 266. The third-order valence-electron chi connectivity index (χ3n) is 5.16. The van der Waals surface area contributed by atoms with Gasteiger partial charge in [-0.3, -0.25) is 0 Å². The molecule has 0 atom stereocenters. The van der Waals surface area contributed by atoms with E-state index in [0.717, 1.165) is 19.5 Å². The van der Waals surface area contributed by atoms with Gasteiger partial charge in [-0.1, -0.05) is 53.4 Å². The molecule has 0 rings (SSSR count). The Morgan fingerprint density at radius 2 is 0.808 bits per heavy atom. The molecule has 0 aliphatic rings. The normalized spacial score (nSPS) is 13.7. The summed E-state index contributed by atoms with van der Waals surface area (Å²) in [6.45, 7) is 19.2. The zero-order valence-electron chi connectivity index (χ0n) is 19.3. The van der Waals surface area contributed by atoms with Crippen LogP contribution >= 0.6 is 0 Å². The van der Waals surface area contributed by atoms with E-state index in [1.54, 1.807) is 0 Å². The average Bonchev–Trinajstić information content (AvgIpc) is 2.58. The summed E-state index contributed by atoms with van der Waals surface area (Å²) in [6.07, 6.45) is 12.6. The minimum absolute atomic E-state index is 0.149. The van der Waals surface area contributed by atoms with E-state index in [1.807, 2.05) is 6.92 Å². The summed E-state index contributed by atoms with van der Waals surface area (Å²) in [6, 6.07) is 0.149. The van der Waals surface area contributed by atoms with Crippen LogP contribution in [0.1, 0.15) is 98.8 Å². The van der Waals surface area contributed by atoms with Crippen molar-refractivity contribution in [3.63, 3.8) is 0 Å². The van der Waals surface area contributed by atoms with Gasteiger partial charge in [0, 0.05) is 0 Å². The summed E-state index contributed by atoms with van der Waals surface area (Å²) in [4.78, 5) is 0. The van der Waals surface area contributed by atoms with Gasteiger partial charge in [-0.15, -0.1) is 0 Å². The first-order valence-electron chi connectivity index (χ1n) is 11.5. The van der Waals surface area contributed by atoms with Gasteiger partial charge < -0.3 is 4.48 Å². The molecule has 0 N–H and O–H groups in total. The Labute approximate surface area is 165 Å². The number of hydrogen-bond donors (Lipinski definition) is 0. The van der Waals surface area contributed by atoms with Crippen LogP contribution < -0.4 is 0 Å². The molecule has 0 aromatic heterocycles. The molecule has 4 heteroatoms. The van der Waals surface area contributed by atoms with E-state index >= 15 is 0 Å². The number of unbranched alkanes of at least 4 members (excludes halogenated alkanes) is 5. The molecule has 0 saturated carbocycles. The second-order valence-corrected chi connectivity index (χ2v) is 14.2. The monoisotopic (exact) mass is 395 g/mol. The molecule has 0 unspecified atom stereocenters. The van der Waals surface area contributed by atoms with E-state index < -0.39 is 8.02 Å². The Morgan fingerprint density at radius 1 is 0.538 bits per heavy atom. The van der Waals surface area contributed by atoms with Crippen molar-refractivity contribution in [1.29, 1.82) is 0 Å². The first-order chi connectivity index (χ1) is 12.1. The van der Waals surface area contributed by atoms with Crippen molar-refractivity contribution >= 4 is 8.02 Å². The zero-order chi connectivity index (χ0) is 20.6. The van der Waals surface area contributed by atoms with Gasteiger partial charge in [-0.05, 0) is 25.7 Å². The molecule has 26 heavy (non-hydrogen) atoms. The molecular weight excluding hydrogens is 344 g/mol. The van der Waals surface area contributed by atoms with Gasteiger partial charge in [-0.2, -0.15) is 0 Å². The fourth-order valence-electron chi connectivity index (χ4n) is 3.31. The molecular formula is C22H51F2NSi.